The van der Waals surface area contributed by atoms with Crippen molar-refractivity contribution in [3.05, 3.63) is 63.2 Å². The van der Waals surface area contributed by atoms with Crippen molar-refractivity contribution < 1.29 is 32.7 Å². The Morgan fingerprint density at radius 2 is 1.93 bits per heavy atom. The minimum absolute atomic E-state index is 0.0994. The van der Waals surface area contributed by atoms with Crippen LogP contribution in [0.2, 0.25) is 5.02 Å². The number of alkyl halides is 3. The molecule has 0 radical (unpaired) electrons. The molecule has 2 aromatic carbocycles. The fourth-order valence-corrected chi connectivity index (χ4v) is 3.04. The predicted molar refractivity (Wildman–Crippen MR) is 97.0 cm³/mol. The summed E-state index contributed by atoms with van der Waals surface area (Å²) in [7, 11) is 0. The molecule has 0 saturated heterocycles. The van der Waals surface area contributed by atoms with Crippen LogP contribution < -0.4 is 10.1 Å². The SMILES string of the molecule is O=C1C(Nc2ccc([N+](=O)[O-])c(C(F)(F)F)c2)C[C@]1(O)COc1ccc(Cl)cc1. The number of anilines is 1. The van der Waals surface area contributed by atoms with E-state index in [4.69, 9.17) is 16.3 Å². The van der Waals surface area contributed by atoms with Crippen LogP contribution >= 0.6 is 11.6 Å². The first-order chi connectivity index (χ1) is 13.5. The molecular formula is C18H14ClF3N2O5. The summed E-state index contributed by atoms with van der Waals surface area (Å²) >= 11 is 5.75. The highest BCUT2D eigenvalue weighted by Gasteiger charge is 2.53. The predicted octanol–water partition coefficient (Wildman–Crippen LogP) is 3.83. The number of nitro benzene ring substituents is 1. The van der Waals surface area contributed by atoms with Crippen molar-refractivity contribution in [1.82, 2.24) is 0 Å². The molecule has 0 spiro atoms. The van der Waals surface area contributed by atoms with Crippen molar-refractivity contribution in [1.29, 1.82) is 0 Å². The summed E-state index contributed by atoms with van der Waals surface area (Å²) in [5.41, 5.74) is -4.43. The number of carbonyl (C=O) groups is 1. The number of hydrogen-bond acceptors (Lipinski definition) is 6. The van der Waals surface area contributed by atoms with Gasteiger partial charge in [0, 0.05) is 23.2 Å². The molecular weight excluding hydrogens is 417 g/mol. The molecule has 0 bridgehead atoms. The highest BCUT2D eigenvalue weighted by molar-refractivity contribution is 6.30. The monoisotopic (exact) mass is 430 g/mol. The molecule has 1 aliphatic carbocycles. The molecule has 2 N–H and O–H groups in total. The number of halogens is 4. The minimum Gasteiger partial charge on any atom is -0.490 e. The number of hydrogen-bond donors (Lipinski definition) is 2. The highest BCUT2D eigenvalue weighted by atomic mass is 35.5. The summed E-state index contributed by atoms with van der Waals surface area (Å²) in [6, 6.07) is 7.65. The number of nitro groups is 1. The van der Waals surface area contributed by atoms with Crippen LogP contribution in [0.25, 0.3) is 0 Å². The van der Waals surface area contributed by atoms with Crippen molar-refractivity contribution >= 4 is 28.8 Å². The maximum atomic E-state index is 13.0. The van der Waals surface area contributed by atoms with E-state index in [-0.39, 0.29) is 18.7 Å². The molecule has 2 aromatic rings. The smallest absolute Gasteiger partial charge is 0.423 e. The molecule has 1 unspecified atom stereocenters. The number of ether oxygens (including phenoxy) is 1. The van der Waals surface area contributed by atoms with E-state index in [0.29, 0.717) is 22.9 Å². The zero-order valence-electron chi connectivity index (χ0n) is 14.6. The van der Waals surface area contributed by atoms with E-state index in [2.05, 4.69) is 5.32 Å². The van der Waals surface area contributed by atoms with Gasteiger partial charge in [0.2, 0.25) is 0 Å². The Hall–Kier alpha value is -2.85. The van der Waals surface area contributed by atoms with Gasteiger partial charge in [0.25, 0.3) is 5.69 Å². The van der Waals surface area contributed by atoms with Gasteiger partial charge in [-0.1, -0.05) is 11.6 Å². The van der Waals surface area contributed by atoms with E-state index in [9.17, 15) is 33.2 Å². The lowest BCUT2D eigenvalue weighted by Crippen LogP contribution is -2.64. The Morgan fingerprint density at radius 3 is 2.48 bits per heavy atom. The third-order valence-electron chi connectivity index (χ3n) is 4.45. The molecule has 2 atom stereocenters. The Morgan fingerprint density at radius 1 is 1.28 bits per heavy atom. The van der Waals surface area contributed by atoms with Gasteiger partial charge in [0.05, 0.1) is 11.0 Å². The van der Waals surface area contributed by atoms with Crippen LogP contribution in [-0.4, -0.2) is 34.1 Å². The van der Waals surface area contributed by atoms with E-state index in [1.54, 1.807) is 24.3 Å². The molecule has 0 aromatic heterocycles. The summed E-state index contributed by atoms with van der Waals surface area (Å²) in [6.07, 6.45) is -5.03. The molecule has 7 nitrogen and oxygen atoms in total. The molecule has 154 valence electrons. The summed E-state index contributed by atoms with van der Waals surface area (Å²) in [5, 5.41) is 24.2. The molecule has 1 aliphatic rings. The number of benzene rings is 2. The first kappa shape index (κ1) is 20.9. The van der Waals surface area contributed by atoms with Gasteiger partial charge in [0.1, 0.15) is 17.9 Å². The standard InChI is InChI=1S/C18H14ClF3N2O5/c19-10-1-4-12(5-2-10)29-9-17(26)8-14(16(17)25)23-11-3-6-15(24(27)28)13(7-11)18(20,21)22/h1-7,14,23,26H,8-9H2/t14?,17-/m0/s1. The van der Waals surface area contributed by atoms with Gasteiger partial charge in [-0.2, -0.15) is 13.2 Å². The zero-order valence-corrected chi connectivity index (χ0v) is 15.3. The van der Waals surface area contributed by atoms with Gasteiger partial charge < -0.3 is 15.2 Å². The molecule has 1 fully saturated rings. The molecule has 0 amide bonds. The largest absolute Gasteiger partial charge is 0.490 e. The number of ketones is 1. The average Bonchev–Trinajstić information content (AvgIpc) is 2.66. The quantitative estimate of drug-likeness (QED) is 0.533. The summed E-state index contributed by atoms with van der Waals surface area (Å²) in [6.45, 7) is -0.334. The minimum atomic E-state index is -4.93. The topological polar surface area (TPSA) is 102 Å². The van der Waals surface area contributed by atoms with Crippen molar-refractivity contribution in [3.63, 3.8) is 0 Å². The molecule has 29 heavy (non-hydrogen) atoms. The second kappa shape index (κ2) is 7.53. The highest BCUT2D eigenvalue weighted by Crippen LogP contribution is 2.39. The zero-order chi connectivity index (χ0) is 21.4. The normalized spacial score (nSPS) is 21.4. The van der Waals surface area contributed by atoms with Crippen LogP contribution in [0.3, 0.4) is 0 Å². The number of nitrogens with zero attached hydrogens (tertiary/aromatic N) is 1. The number of aliphatic hydroxyl groups is 1. The van der Waals surface area contributed by atoms with Crippen molar-refractivity contribution in [2.45, 2.75) is 24.2 Å². The second-order valence-corrected chi connectivity index (χ2v) is 6.96. The van der Waals surface area contributed by atoms with Gasteiger partial charge in [-0.25, -0.2) is 0 Å². The number of carbonyl (C=O) groups excluding carboxylic acids is 1. The third kappa shape index (κ3) is 4.43. The third-order valence-corrected chi connectivity index (χ3v) is 4.70. The number of nitrogens with one attached hydrogen (secondary N) is 1. The molecule has 11 heteroatoms. The van der Waals surface area contributed by atoms with Gasteiger partial charge in [-0.3, -0.25) is 14.9 Å². The molecule has 0 aliphatic heterocycles. The first-order valence-corrected chi connectivity index (χ1v) is 8.65. The summed E-state index contributed by atoms with van der Waals surface area (Å²) in [4.78, 5) is 21.9. The van der Waals surface area contributed by atoms with Gasteiger partial charge in [-0.05, 0) is 36.4 Å². The van der Waals surface area contributed by atoms with E-state index in [1.807, 2.05) is 0 Å². The van der Waals surface area contributed by atoms with Gasteiger partial charge in [0.15, 0.2) is 11.4 Å². The molecule has 0 heterocycles. The maximum absolute atomic E-state index is 13.0. The lowest BCUT2D eigenvalue weighted by molar-refractivity contribution is -0.388. The Kier molecular flexibility index (Phi) is 5.42. The van der Waals surface area contributed by atoms with Crippen LogP contribution in [0.4, 0.5) is 24.5 Å². The lowest BCUT2D eigenvalue weighted by atomic mass is 9.74. The average molecular weight is 431 g/mol. The van der Waals surface area contributed by atoms with E-state index in [0.717, 1.165) is 6.07 Å². The van der Waals surface area contributed by atoms with E-state index in [1.165, 1.54) is 0 Å². The van der Waals surface area contributed by atoms with E-state index >= 15 is 0 Å². The summed E-state index contributed by atoms with van der Waals surface area (Å²) in [5.74, 6) is -0.268. The summed E-state index contributed by atoms with van der Waals surface area (Å²) < 4.78 is 44.5. The Labute approximate surface area is 167 Å². The maximum Gasteiger partial charge on any atom is 0.423 e. The number of rotatable bonds is 6. The van der Waals surface area contributed by atoms with Crippen molar-refractivity contribution in [2.75, 3.05) is 11.9 Å². The number of Topliss-reactive ketones (excluding diaryl/α,β-unsaturated/α-hetero) is 1. The lowest BCUT2D eigenvalue weighted by Gasteiger charge is -2.41. The van der Waals surface area contributed by atoms with Crippen LogP contribution in [0.5, 0.6) is 5.75 Å². The fourth-order valence-electron chi connectivity index (χ4n) is 2.92. The molecule has 3 rings (SSSR count). The van der Waals surface area contributed by atoms with E-state index < -0.39 is 39.8 Å². The Balaban J connectivity index is 1.66. The van der Waals surface area contributed by atoms with Crippen LogP contribution in [0, 0.1) is 10.1 Å². The molecule has 1 saturated carbocycles. The van der Waals surface area contributed by atoms with Crippen LogP contribution in [0.1, 0.15) is 12.0 Å². The Bertz CT molecular complexity index is 952. The van der Waals surface area contributed by atoms with Crippen LogP contribution in [-0.2, 0) is 11.0 Å². The van der Waals surface area contributed by atoms with Crippen molar-refractivity contribution in [2.24, 2.45) is 0 Å². The first-order valence-electron chi connectivity index (χ1n) is 8.27. The fraction of sp³-hybridized carbons (Fsp3) is 0.278. The van der Waals surface area contributed by atoms with Gasteiger partial charge in [-0.15, -0.1) is 0 Å². The van der Waals surface area contributed by atoms with Crippen molar-refractivity contribution in [3.8, 4) is 5.75 Å². The van der Waals surface area contributed by atoms with Gasteiger partial charge >= 0.3 is 6.18 Å². The second-order valence-electron chi connectivity index (χ2n) is 6.53. The van der Waals surface area contributed by atoms with Crippen LogP contribution in [0.15, 0.2) is 42.5 Å².